The topological polar surface area (TPSA) is 90.0 Å². The molecule has 2 fully saturated rings. The monoisotopic (exact) mass is 369 g/mol. The minimum absolute atomic E-state index is 0.171. The second kappa shape index (κ2) is 8.53. The van der Waals surface area contributed by atoms with Crippen LogP contribution < -0.4 is 0 Å². The van der Waals surface area contributed by atoms with E-state index in [4.69, 9.17) is 9.47 Å². The normalized spacial score (nSPS) is 29.7. The van der Waals surface area contributed by atoms with Gasteiger partial charge >= 0.3 is 11.9 Å². The van der Waals surface area contributed by atoms with E-state index in [0.717, 1.165) is 4.90 Å². The summed E-state index contributed by atoms with van der Waals surface area (Å²) in [5.41, 5.74) is 0. The lowest BCUT2D eigenvalue weighted by Gasteiger charge is -2.51. The van der Waals surface area contributed by atoms with Crippen LogP contribution in [0.15, 0.2) is 12.7 Å². The number of carbonyl (C=O) groups excluding carboxylic acids is 4. The van der Waals surface area contributed by atoms with Crippen LogP contribution >= 0.6 is 0 Å². The number of Topliss-reactive ketones (excluding diaryl/α,β-unsaturated/α-hetero) is 1. The molecule has 7 nitrogen and oxygen atoms in total. The summed E-state index contributed by atoms with van der Waals surface area (Å²) in [6.07, 6.45) is 2.38. The third-order valence-electron chi connectivity index (χ3n) is 5.13. The molecule has 26 heavy (non-hydrogen) atoms. The summed E-state index contributed by atoms with van der Waals surface area (Å²) in [4.78, 5) is 50.1. The van der Waals surface area contributed by atoms with E-state index in [1.54, 1.807) is 6.92 Å². The van der Waals surface area contributed by atoms with Gasteiger partial charge in [0.25, 0.3) is 0 Å². The first kappa shape index (κ1) is 20.2. The molecule has 1 aliphatic heterocycles. The Morgan fingerprint density at radius 2 is 2.08 bits per heavy atom. The fourth-order valence-corrected chi connectivity index (χ4v) is 3.79. The molecule has 1 heterocycles. The fraction of sp³-hybridized carbons (Fsp3) is 0.667. The Kier molecular flexibility index (Phi) is 6.63. The molecule has 0 spiro atoms. The van der Waals surface area contributed by atoms with Crippen molar-refractivity contribution in [2.45, 2.75) is 38.3 Å². The van der Waals surface area contributed by atoms with E-state index in [-0.39, 0.29) is 12.4 Å². The predicted molar refractivity (Wildman–Crippen MR) is 88.6 cm³/mol. The van der Waals surface area contributed by atoms with E-state index in [1.807, 2.05) is 0 Å². The molecule has 1 saturated carbocycles. The van der Waals surface area contributed by atoms with Crippen molar-refractivity contribution < 1.29 is 33.0 Å². The highest BCUT2D eigenvalue weighted by atomic mass is 19.1. The van der Waals surface area contributed by atoms with Crippen molar-refractivity contribution in [1.82, 2.24) is 4.90 Å². The maximum atomic E-state index is 13.2. The zero-order chi connectivity index (χ0) is 19.4. The number of rotatable bonds is 6. The SMILES string of the molecule is C=CCOC(=O)C(=O)N1C(=O)[C@H]([C@H](C)CF)[C@H]1[C@H]1CCC[C@H](OC)C1=O. The summed E-state index contributed by atoms with van der Waals surface area (Å²) in [5.74, 6) is -5.33. The first-order valence-corrected chi connectivity index (χ1v) is 8.66. The van der Waals surface area contributed by atoms with Gasteiger partial charge in [-0.1, -0.05) is 19.6 Å². The van der Waals surface area contributed by atoms with Crippen molar-refractivity contribution in [2.75, 3.05) is 20.4 Å². The first-order chi connectivity index (χ1) is 12.4. The Bertz CT molecular complexity index is 606. The average molecular weight is 369 g/mol. The van der Waals surface area contributed by atoms with Crippen LogP contribution in [0.25, 0.3) is 0 Å². The van der Waals surface area contributed by atoms with E-state index in [2.05, 4.69) is 6.58 Å². The minimum Gasteiger partial charge on any atom is -0.454 e. The van der Waals surface area contributed by atoms with E-state index in [0.29, 0.717) is 19.3 Å². The molecule has 0 N–H and O–H groups in total. The number of alkyl halides is 1. The number of esters is 1. The Hall–Kier alpha value is -2.09. The molecule has 1 saturated heterocycles. The molecule has 0 aromatic heterocycles. The molecule has 0 radical (unpaired) electrons. The number of ether oxygens (including phenoxy) is 2. The predicted octanol–water partition coefficient (Wildman–Crippen LogP) is 1.06. The van der Waals surface area contributed by atoms with Gasteiger partial charge in [0, 0.05) is 13.0 Å². The highest BCUT2D eigenvalue weighted by molar-refractivity contribution is 6.36. The number of hydrogen-bond acceptors (Lipinski definition) is 6. The zero-order valence-electron chi connectivity index (χ0n) is 15.0. The van der Waals surface area contributed by atoms with Gasteiger partial charge in [0.15, 0.2) is 5.78 Å². The molecule has 0 aromatic rings. The van der Waals surface area contributed by atoms with Crippen LogP contribution in [0.5, 0.6) is 0 Å². The number of carbonyl (C=O) groups is 4. The van der Waals surface area contributed by atoms with Gasteiger partial charge in [0.1, 0.15) is 12.7 Å². The molecule has 2 amide bonds. The van der Waals surface area contributed by atoms with Crippen LogP contribution in [0.4, 0.5) is 4.39 Å². The van der Waals surface area contributed by atoms with Crippen molar-refractivity contribution in [2.24, 2.45) is 17.8 Å². The Balaban J connectivity index is 2.27. The minimum atomic E-state index is -1.19. The van der Waals surface area contributed by atoms with Crippen molar-refractivity contribution in [3.8, 4) is 0 Å². The molecule has 1 aliphatic carbocycles. The van der Waals surface area contributed by atoms with Gasteiger partial charge < -0.3 is 9.47 Å². The highest BCUT2D eigenvalue weighted by Crippen LogP contribution is 2.42. The Morgan fingerprint density at radius 1 is 1.38 bits per heavy atom. The van der Waals surface area contributed by atoms with Crippen LogP contribution in [0, 0.1) is 17.8 Å². The number of β-lactam (4-membered cyclic amide) rings is 1. The Labute approximate surface area is 151 Å². The lowest BCUT2D eigenvalue weighted by Crippen LogP contribution is -2.70. The van der Waals surface area contributed by atoms with E-state index in [1.165, 1.54) is 13.2 Å². The smallest absolute Gasteiger partial charge is 0.397 e. The maximum absolute atomic E-state index is 13.2. The van der Waals surface area contributed by atoms with Gasteiger partial charge in [-0.2, -0.15) is 0 Å². The molecule has 2 aliphatic rings. The van der Waals surface area contributed by atoms with Gasteiger partial charge in [0.05, 0.1) is 18.6 Å². The van der Waals surface area contributed by atoms with E-state index >= 15 is 0 Å². The van der Waals surface area contributed by atoms with E-state index in [9.17, 15) is 23.6 Å². The number of imide groups is 1. The summed E-state index contributed by atoms with van der Waals surface area (Å²) in [6.45, 7) is 4.00. The van der Waals surface area contributed by atoms with Crippen LogP contribution in [0.3, 0.4) is 0 Å². The van der Waals surface area contributed by atoms with Crippen LogP contribution in [-0.4, -0.2) is 61.0 Å². The third-order valence-corrected chi connectivity index (χ3v) is 5.13. The summed E-state index contributed by atoms with van der Waals surface area (Å²) >= 11 is 0. The van der Waals surface area contributed by atoms with Crippen molar-refractivity contribution in [1.29, 1.82) is 0 Å². The van der Waals surface area contributed by atoms with Crippen molar-refractivity contribution in [3.63, 3.8) is 0 Å². The number of amides is 2. The standard InChI is InChI=1S/C18H24FNO6/c1-4-8-26-18(24)17(23)20-14(13(16(20)22)10(2)9-19)11-6-5-7-12(25-3)15(11)21/h4,10-14H,1,5-9H2,2-3H3/t10-,11-,12+,13-,14-/m1/s1. The summed E-state index contributed by atoms with van der Waals surface area (Å²) in [7, 11) is 1.42. The first-order valence-electron chi connectivity index (χ1n) is 8.66. The maximum Gasteiger partial charge on any atom is 0.397 e. The molecule has 0 unspecified atom stereocenters. The quantitative estimate of drug-likeness (QED) is 0.301. The highest BCUT2D eigenvalue weighted by Gasteiger charge is 2.59. The second-order valence-corrected chi connectivity index (χ2v) is 6.71. The molecule has 144 valence electrons. The molecular formula is C18H24FNO6. The lowest BCUT2D eigenvalue weighted by atomic mass is 9.67. The fourth-order valence-electron chi connectivity index (χ4n) is 3.79. The molecule has 5 atom stereocenters. The van der Waals surface area contributed by atoms with E-state index < -0.39 is 54.4 Å². The molecule has 0 bridgehead atoms. The van der Waals surface area contributed by atoms with Crippen molar-refractivity contribution >= 4 is 23.6 Å². The molecule has 8 heteroatoms. The summed E-state index contributed by atoms with van der Waals surface area (Å²) in [5, 5.41) is 0. The number of methoxy groups -OCH3 is 1. The van der Waals surface area contributed by atoms with Crippen molar-refractivity contribution in [3.05, 3.63) is 12.7 Å². The van der Waals surface area contributed by atoms with Gasteiger partial charge in [-0.15, -0.1) is 0 Å². The van der Waals surface area contributed by atoms with Crippen LogP contribution in [0.1, 0.15) is 26.2 Å². The lowest BCUT2D eigenvalue weighted by molar-refractivity contribution is -0.183. The average Bonchev–Trinajstić information content (AvgIpc) is 2.64. The summed E-state index contributed by atoms with van der Waals surface area (Å²) < 4.78 is 23.1. The van der Waals surface area contributed by atoms with Gasteiger partial charge in [-0.25, -0.2) is 4.79 Å². The zero-order valence-corrected chi connectivity index (χ0v) is 15.0. The van der Waals surface area contributed by atoms with Gasteiger partial charge in [-0.05, 0) is 25.2 Å². The van der Waals surface area contributed by atoms with Crippen LogP contribution in [-0.2, 0) is 28.7 Å². The third kappa shape index (κ3) is 3.56. The van der Waals surface area contributed by atoms with Gasteiger partial charge in [-0.3, -0.25) is 23.7 Å². The number of likely N-dealkylation sites (tertiary alicyclic amines) is 1. The summed E-state index contributed by atoms with van der Waals surface area (Å²) in [6, 6.07) is -0.845. The Morgan fingerprint density at radius 3 is 2.65 bits per heavy atom. The molecule has 2 rings (SSSR count). The number of ketones is 1. The van der Waals surface area contributed by atoms with Crippen LogP contribution in [0.2, 0.25) is 0 Å². The molecule has 0 aromatic carbocycles. The number of hydrogen-bond donors (Lipinski definition) is 0. The number of halogens is 1. The molecular weight excluding hydrogens is 345 g/mol. The second-order valence-electron chi connectivity index (χ2n) is 6.71. The largest absolute Gasteiger partial charge is 0.454 e. The number of nitrogens with zero attached hydrogens (tertiary/aromatic N) is 1. The van der Waals surface area contributed by atoms with Gasteiger partial charge in [0.2, 0.25) is 5.91 Å².